The third-order valence-corrected chi connectivity index (χ3v) is 3.76. The number of anilines is 1. The summed E-state index contributed by atoms with van der Waals surface area (Å²) >= 11 is 0.862. The minimum Gasteiger partial charge on any atom is -0.311 e. The Bertz CT molecular complexity index is 500. The Labute approximate surface area is 118 Å². The van der Waals surface area contributed by atoms with Crippen molar-refractivity contribution in [3.63, 3.8) is 0 Å². The van der Waals surface area contributed by atoms with Crippen LogP contribution in [0.3, 0.4) is 0 Å². The van der Waals surface area contributed by atoms with Crippen molar-refractivity contribution in [3.05, 3.63) is 10.6 Å². The molecule has 0 spiro atoms. The zero-order valence-corrected chi connectivity index (χ0v) is 11.0. The number of hydrogen-bond acceptors (Lipinski definition) is 4. The number of amides is 1. The van der Waals surface area contributed by atoms with E-state index >= 15 is 0 Å². The lowest BCUT2D eigenvalue weighted by Gasteiger charge is -2.21. The van der Waals surface area contributed by atoms with Crippen LogP contribution in [0.15, 0.2) is 0 Å². The molecule has 1 amide bonds. The fraction of sp³-hybridized carbons (Fsp3) is 0.600. The van der Waals surface area contributed by atoms with Gasteiger partial charge >= 0.3 is 12.4 Å². The molecular weight excluding hydrogens is 324 g/mol. The molecule has 0 fully saturated rings. The minimum atomic E-state index is -5.71. The van der Waals surface area contributed by atoms with E-state index in [1.807, 2.05) is 0 Å². The number of carbonyl (C=O) groups is 1. The number of thiazole rings is 1. The summed E-state index contributed by atoms with van der Waals surface area (Å²) < 4.78 is 74.3. The van der Waals surface area contributed by atoms with Crippen LogP contribution in [0.25, 0.3) is 0 Å². The molecule has 2 heterocycles. The number of rotatable bonds is 2. The van der Waals surface area contributed by atoms with Crippen molar-refractivity contribution in [1.82, 2.24) is 10.3 Å². The Morgan fingerprint density at radius 1 is 1.24 bits per heavy atom. The van der Waals surface area contributed by atoms with Gasteiger partial charge in [0.2, 0.25) is 11.8 Å². The summed E-state index contributed by atoms with van der Waals surface area (Å²) in [6.07, 6.45) is -10.9. The Morgan fingerprint density at radius 2 is 1.86 bits per heavy atom. The van der Waals surface area contributed by atoms with Gasteiger partial charge in [-0.3, -0.25) is 4.79 Å². The summed E-state index contributed by atoms with van der Waals surface area (Å²) in [7, 11) is 0. The highest BCUT2D eigenvalue weighted by Crippen LogP contribution is 2.40. The lowest BCUT2D eigenvalue weighted by molar-refractivity contribution is -0.272. The maximum Gasteiger partial charge on any atom is 0.409 e. The van der Waals surface area contributed by atoms with Gasteiger partial charge in [0.05, 0.1) is 5.69 Å². The van der Waals surface area contributed by atoms with Crippen LogP contribution >= 0.6 is 11.3 Å². The zero-order valence-electron chi connectivity index (χ0n) is 10.2. The van der Waals surface area contributed by atoms with Crippen LogP contribution < -0.4 is 10.6 Å². The average Bonchev–Trinajstić information content (AvgIpc) is 2.66. The van der Waals surface area contributed by atoms with Gasteiger partial charge in [0.25, 0.3) is 0 Å². The van der Waals surface area contributed by atoms with E-state index < -0.39 is 24.2 Å². The van der Waals surface area contributed by atoms with Gasteiger partial charge in [0, 0.05) is 24.4 Å². The van der Waals surface area contributed by atoms with Crippen molar-refractivity contribution in [2.45, 2.75) is 25.3 Å². The minimum absolute atomic E-state index is 0.257. The predicted molar refractivity (Wildman–Crippen MR) is 61.8 cm³/mol. The number of halogens is 6. The highest BCUT2D eigenvalue weighted by molar-refractivity contribution is 7.15. The summed E-state index contributed by atoms with van der Waals surface area (Å²) in [4.78, 5) is 15.9. The van der Waals surface area contributed by atoms with Crippen molar-refractivity contribution in [1.29, 1.82) is 0 Å². The van der Waals surface area contributed by atoms with Crippen molar-refractivity contribution in [2.24, 2.45) is 5.92 Å². The summed E-state index contributed by atoms with van der Waals surface area (Å²) in [6.45, 7) is 1.03. The SMILES string of the molecule is O=C(Nc1nc2c(s1)CNCC2)C(C(F)(F)F)C(F)(F)F. The first-order valence-corrected chi connectivity index (χ1v) is 6.54. The monoisotopic (exact) mass is 333 g/mol. The normalized spacial score (nSPS) is 16.0. The molecule has 0 atom stereocenters. The van der Waals surface area contributed by atoms with Crippen LogP contribution in [0, 0.1) is 5.92 Å². The number of nitrogens with zero attached hydrogens (tertiary/aromatic N) is 1. The number of hydrogen-bond donors (Lipinski definition) is 2. The van der Waals surface area contributed by atoms with Crippen molar-refractivity contribution in [2.75, 3.05) is 11.9 Å². The molecule has 1 aromatic heterocycles. The van der Waals surface area contributed by atoms with Crippen molar-refractivity contribution in [3.8, 4) is 0 Å². The number of fused-ring (bicyclic) bond motifs is 1. The third-order valence-electron chi connectivity index (χ3n) is 2.75. The molecule has 1 aliphatic heterocycles. The van der Waals surface area contributed by atoms with Crippen molar-refractivity contribution >= 4 is 22.4 Å². The van der Waals surface area contributed by atoms with Crippen LogP contribution in [0.5, 0.6) is 0 Å². The molecule has 118 valence electrons. The second-order valence-electron chi connectivity index (χ2n) is 4.32. The number of nitrogens with one attached hydrogen (secondary N) is 2. The molecule has 0 radical (unpaired) electrons. The van der Waals surface area contributed by atoms with Gasteiger partial charge in [-0.05, 0) is 0 Å². The molecule has 2 N–H and O–H groups in total. The van der Waals surface area contributed by atoms with E-state index in [4.69, 9.17) is 0 Å². The fourth-order valence-electron chi connectivity index (χ4n) is 1.84. The average molecular weight is 333 g/mol. The Hall–Kier alpha value is -1.36. The van der Waals surface area contributed by atoms with E-state index in [-0.39, 0.29) is 5.13 Å². The number of alkyl halides is 6. The van der Waals surface area contributed by atoms with Crippen molar-refractivity contribution < 1.29 is 31.1 Å². The third kappa shape index (κ3) is 3.64. The molecule has 1 aromatic rings. The van der Waals surface area contributed by atoms with Gasteiger partial charge in [-0.25, -0.2) is 4.98 Å². The maximum atomic E-state index is 12.4. The van der Waals surface area contributed by atoms with Gasteiger partial charge in [-0.15, -0.1) is 11.3 Å². The van der Waals surface area contributed by atoms with E-state index in [1.165, 1.54) is 0 Å². The second kappa shape index (κ2) is 5.44. The summed E-state index contributed by atoms with van der Waals surface area (Å²) in [6, 6.07) is 0. The lowest BCUT2D eigenvalue weighted by Crippen LogP contribution is -2.45. The molecule has 0 bridgehead atoms. The molecule has 2 rings (SSSR count). The van der Waals surface area contributed by atoms with Crippen LogP contribution in [-0.2, 0) is 17.8 Å². The quantitative estimate of drug-likeness (QED) is 0.818. The van der Waals surface area contributed by atoms with Crippen LogP contribution in [-0.4, -0.2) is 29.8 Å². The molecule has 0 saturated carbocycles. The topological polar surface area (TPSA) is 54.0 Å². The summed E-state index contributed by atoms with van der Waals surface area (Å²) in [5.74, 6) is -6.24. The Kier molecular flexibility index (Phi) is 4.15. The fourth-order valence-corrected chi connectivity index (χ4v) is 2.82. The van der Waals surface area contributed by atoms with Crippen LogP contribution in [0.1, 0.15) is 10.6 Å². The molecule has 21 heavy (non-hydrogen) atoms. The molecule has 0 unspecified atom stereocenters. The summed E-state index contributed by atoms with van der Waals surface area (Å²) in [5.41, 5.74) is 0.574. The highest BCUT2D eigenvalue weighted by atomic mass is 32.1. The van der Waals surface area contributed by atoms with Crippen LogP contribution in [0.4, 0.5) is 31.5 Å². The van der Waals surface area contributed by atoms with E-state index in [0.717, 1.165) is 11.3 Å². The second-order valence-corrected chi connectivity index (χ2v) is 5.40. The van der Waals surface area contributed by atoms with E-state index in [0.29, 0.717) is 30.1 Å². The first-order chi connectivity index (χ1) is 9.59. The molecule has 0 aliphatic carbocycles. The van der Waals surface area contributed by atoms with Crippen LogP contribution in [0.2, 0.25) is 0 Å². The Balaban J connectivity index is 2.17. The van der Waals surface area contributed by atoms with E-state index in [2.05, 4.69) is 10.3 Å². The number of aromatic nitrogens is 1. The number of carbonyl (C=O) groups excluding carboxylic acids is 1. The molecule has 0 saturated heterocycles. The van der Waals surface area contributed by atoms with Gasteiger partial charge in [-0.1, -0.05) is 0 Å². The molecule has 1 aliphatic rings. The summed E-state index contributed by atoms with van der Waals surface area (Å²) in [5, 5.41) is 4.33. The van der Waals surface area contributed by atoms with Gasteiger partial charge in [0.15, 0.2) is 5.13 Å². The van der Waals surface area contributed by atoms with E-state index in [9.17, 15) is 31.1 Å². The first-order valence-electron chi connectivity index (χ1n) is 5.72. The van der Waals surface area contributed by atoms with Gasteiger partial charge in [0.1, 0.15) is 0 Å². The molecule has 0 aromatic carbocycles. The lowest BCUT2D eigenvalue weighted by atomic mass is 10.1. The standard InChI is InChI=1S/C10H9F6N3OS/c11-9(12,13)6(10(14,15)16)7(20)19-8-18-4-1-2-17-3-5(4)21-8/h6,17H,1-3H2,(H,18,19,20). The maximum absolute atomic E-state index is 12.4. The first kappa shape index (κ1) is 16.0. The highest BCUT2D eigenvalue weighted by Gasteiger charge is 2.61. The smallest absolute Gasteiger partial charge is 0.311 e. The molecule has 11 heteroatoms. The van der Waals surface area contributed by atoms with Gasteiger partial charge < -0.3 is 10.6 Å². The predicted octanol–water partition coefficient (Wildman–Crippen LogP) is 2.47. The van der Waals surface area contributed by atoms with Gasteiger partial charge in [-0.2, -0.15) is 26.3 Å². The molecular formula is C10H9F6N3OS. The largest absolute Gasteiger partial charge is 0.409 e. The zero-order chi connectivity index (χ0) is 15.8. The molecule has 4 nitrogen and oxygen atoms in total. The van der Waals surface area contributed by atoms with E-state index in [1.54, 1.807) is 5.32 Å². The Morgan fingerprint density at radius 3 is 2.38 bits per heavy atom.